The molecule has 4 heteroatoms. The Morgan fingerprint density at radius 3 is 2.29 bits per heavy atom. The summed E-state index contributed by atoms with van der Waals surface area (Å²) in [5.74, 6) is 1.09. The number of carbonyl (C=O) groups excluding carboxylic acids is 1. The highest BCUT2D eigenvalue weighted by atomic mass is 32.1. The molecule has 2 atom stereocenters. The van der Waals surface area contributed by atoms with E-state index in [1.54, 1.807) is 13.8 Å². The van der Waals surface area contributed by atoms with Crippen LogP contribution in [0.1, 0.15) is 34.1 Å². The number of nitrogens with one attached hydrogen (secondary N) is 1. The first kappa shape index (κ1) is 14.2. The SMILES string of the molecule is CCC(C)C(CS)NC(=O)C(C)(C)S. The van der Waals surface area contributed by atoms with Crippen molar-refractivity contribution in [1.29, 1.82) is 0 Å². The Balaban J connectivity index is 4.26. The molecule has 0 fully saturated rings. The Morgan fingerprint density at radius 2 is 2.00 bits per heavy atom. The second kappa shape index (κ2) is 5.91. The largest absolute Gasteiger partial charge is 0.351 e. The molecule has 1 amide bonds. The molecule has 0 aromatic rings. The van der Waals surface area contributed by atoms with E-state index in [4.69, 9.17) is 0 Å². The number of amides is 1. The lowest BCUT2D eigenvalue weighted by molar-refractivity contribution is -0.123. The second-order valence-electron chi connectivity index (χ2n) is 4.21. The molecule has 2 nitrogen and oxygen atoms in total. The molecule has 2 unspecified atom stereocenters. The molecule has 0 saturated carbocycles. The van der Waals surface area contributed by atoms with Crippen LogP contribution in [0.15, 0.2) is 0 Å². The first-order valence-electron chi connectivity index (χ1n) is 4.97. The normalized spacial score (nSPS) is 16.1. The fraction of sp³-hybridized carbons (Fsp3) is 0.900. The van der Waals surface area contributed by atoms with Crippen molar-refractivity contribution in [3.63, 3.8) is 0 Å². The topological polar surface area (TPSA) is 29.1 Å². The Kier molecular flexibility index (Phi) is 5.98. The van der Waals surface area contributed by atoms with Gasteiger partial charge in [-0.05, 0) is 19.8 Å². The molecular weight excluding hydrogens is 214 g/mol. The van der Waals surface area contributed by atoms with Crippen LogP contribution in [0, 0.1) is 5.92 Å². The van der Waals surface area contributed by atoms with Gasteiger partial charge in [0.2, 0.25) is 5.91 Å². The average Bonchev–Trinajstić information content (AvgIpc) is 2.10. The zero-order chi connectivity index (χ0) is 11.4. The monoisotopic (exact) mass is 235 g/mol. The van der Waals surface area contributed by atoms with Crippen molar-refractivity contribution in [2.75, 3.05) is 5.75 Å². The highest BCUT2D eigenvalue weighted by molar-refractivity contribution is 7.82. The van der Waals surface area contributed by atoms with E-state index in [0.29, 0.717) is 11.7 Å². The van der Waals surface area contributed by atoms with Gasteiger partial charge < -0.3 is 5.32 Å². The van der Waals surface area contributed by atoms with Crippen LogP contribution in [0.2, 0.25) is 0 Å². The summed E-state index contributed by atoms with van der Waals surface area (Å²) in [6.07, 6.45) is 1.04. The lowest BCUT2D eigenvalue weighted by Crippen LogP contribution is -2.47. The molecule has 0 radical (unpaired) electrons. The zero-order valence-electron chi connectivity index (χ0n) is 9.37. The lowest BCUT2D eigenvalue weighted by atomic mass is 10.00. The number of hydrogen-bond acceptors (Lipinski definition) is 3. The van der Waals surface area contributed by atoms with Gasteiger partial charge in [0.05, 0.1) is 4.75 Å². The van der Waals surface area contributed by atoms with Crippen molar-refractivity contribution in [2.24, 2.45) is 5.92 Å². The molecule has 0 aliphatic carbocycles. The maximum atomic E-state index is 11.6. The van der Waals surface area contributed by atoms with Crippen molar-refractivity contribution in [3.05, 3.63) is 0 Å². The van der Waals surface area contributed by atoms with Gasteiger partial charge in [0.15, 0.2) is 0 Å². The van der Waals surface area contributed by atoms with E-state index >= 15 is 0 Å². The van der Waals surface area contributed by atoms with Crippen LogP contribution in [-0.2, 0) is 4.79 Å². The van der Waals surface area contributed by atoms with Gasteiger partial charge in [0, 0.05) is 11.8 Å². The molecule has 0 aliphatic rings. The van der Waals surface area contributed by atoms with E-state index in [1.807, 2.05) is 0 Å². The molecule has 0 bridgehead atoms. The van der Waals surface area contributed by atoms with Crippen LogP contribution >= 0.6 is 25.3 Å². The van der Waals surface area contributed by atoms with Crippen LogP contribution in [-0.4, -0.2) is 22.4 Å². The van der Waals surface area contributed by atoms with Crippen molar-refractivity contribution >= 4 is 31.2 Å². The van der Waals surface area contributed by atoms with Crippen LogP contribution < -0.4 is 5.32 Å². The van der Waals surface area contributed by atoms with Crippen molar-refractivity contribution in [2.45, 2.75) is 44.9 Å². The minimum Gasteiger partial charge on any atom is -0.351 e. The Labute approximate surface area is 98.0 Å². The van der Waals surface area contributed by atoms with Gasteiger partial charge in [-0.1, -0.05) is 20.3 Å². The van der Waals surface area contributed by atoms with Crippen LogP contribution in [0.25, 0.3) is 0 Å². The van der Waals surface area contributed by atoms with E-state index in [9.17, 15) is 4.79 Å². The summed E-state index contributed by atoms with van der Waals surface area (Å²) in [5, 5.41) is 2.97. The van der Waals surface area contributed by atoms with Crippen molar-refractivity contribution in [3.8, 4) is 0 Å². The fourth-order valence-corrected chi connectivity index (χ4v) is 1.51. The molecule has 0 heterocycles. The first-order valence-corrected chi connectivity index (χ1v) is 6.05. The van der Waals surface area contributed by atoms with Gasteiger partial charge in [0.25, 0.3) is 0 Å². The number of thiol groups is 2. The van der Waals surface area contributed by atoms with Gasteiger partial charge >= 0.3 is 0 Å². The van der Waals surface area contributed by atoms with Crippen molar-refractivity contribution < 1.29 is 4.79 Å². The molecule has 0 rings (SSSR count). The van der Waals surface area contributed by atoms with E-state index < -0.39 is 4.75 Å². The van der Waals surface area contributed by atoms with Gasteiger partial charge in [-0.3, -0.25) is 4.79 Å². The molecule has 1 N–H and O–H groups in total. The first-order chi connectivity index (χ1) is 6.32. The third-order valence-corrected chi connectivity index (χ3v) is 3.00. The van der Waals surface area contributed by atoms with E-state index in [1.165, 1.54) is 0 Å². The van der Waals surface area contributed by atoms with E-state index in [0.717, 1.165) is 6.42 Å². The van der Waals surface area contributed by atoms with E-state index in [-0.39, 0.29) is 11.9 Å². The molecule has 84 valence electrons. The van der Waals surface area contributed by atoms with Crippen LogP contribution in [0.5, 0.6) is 0 Å². The molecule has 0 aromatic heterocycles. The van der Waals surface area contributed by atoms with Gasteiger partial charge in [-0.25, -0.2) is 0 Å². The minimum absolute atomic E-state index is 0.0276. The van der Waals surface area contributed by atoms with Gasteiger partial charge in [-0.2, -0.15) is 25.3 Å². The molecule has 14 heavy (non-hydrogen) atoms. The number of carbonyl (C=O) groups is 1. The summed E-state index contributed by atoms with van der Waals surface area (Å²) < 4.78 is -0.616. The van der Waals surface area contributed by atoms with Crippen molar-refractivity contribution in [1.82, 2.24) is 5.32 Å². The highest BCUT2D eigenvalue weighted by Crippen LogP contribution is 2.15. The Morgan fingerprint density at radius 1 is 1.50 bits per heavy atom. The molecule has 0 saturated heterocycles. The third kappa shape index (κ3) is 4.60. The standard InChI is InChI=1S/C10H21NOS2/c1-5-7(2)8(6-13)11-9(12)10(3,4)14/h7-8,13-14H,5-6H2,1-4H3,(H,11,12). The van der Waals surface area contributed by atoms with E-state index in [2.05, 4.69) is 44.4 Å². The summed E-state index contributed by atoms with van der Waals surface area (Å²) >= 11 is 8.46. The second-order valence-corrected chi connectivity index (χ2v) is 5.69. The van der Waals surface area contributed by atoms with Crippen LogP contribution in [0.4, 0.5) is 0 Å². The maximum absolute atomic E-state index is 11.6. The minimum atomic E-state index is -0.616. The molecule has 0 aliphatic heterocycles. The fourth-order valence-electron chi connectivity index (χ4n) is 0.997. The molecule has 0 spiro atoms. The molecular formula is C10H21NOS2. The average molecular weight is 235 g/mol. The third-order valence-electron chi connectivity index (χ3n) is 2.40. The smallest absolute Gasteiger partial charge is 0.235 e. The number of rotatable bonds is 5. The van der Waals surface area contributed by atoms with Gasteiger partial charge in [0.1, 0.15) is 0 Å². The Bertz CT molecular complexity index is 189. The zero-order valence-corrected chi connectivity index (χ0v) is 11.2. The summed E-state index contributed by atoms with van der Waals surface area (Å²) in [6, 6.07) is 0.141. The van der Waals surface area contributed by atoms with Gasteiger partial charge in [-0.15, -0.1) is 0 Å². The lowest BCUT2D eigenvalue weighted by Gasteiger charge is -2.26. The summed E-state index contributed by atoms with van der Waals surface area (Å²) in [4.78, 5) is 11.6. The summed E-state index contributed by atoms with van der Waals surface area (Å²) in [7, 11) is 0. The summed E-state index contributed by atoms with van der Waals surface area (Å²) in [5.41, 5.74) is 0. The summed E-state index contributed by atoms with van der Waals surface area (Å²) in [6.45, 7) is 7.81. The molecule has 0 aromatic carbocycles. The predicted molar refractivity (Wildman–Crippen MR) is 68.3 cm³/mol. The van der Waals surface area contributed by atoms with Crippen LogP contribution in [0.3, 0.4) is 0 Å². The quantitative estimate of drug-likeness (QED) is 0.626. The predicted octanol–water partition coefficient (Wildman–Crippen LogP) is 2.16. The highest BCUT2D eigenvalue weighted by Gasteiger charge is 2.26. The maximum Gasteiger partial charge on any atom is 0.235 e. The number of hydrogen-bond donors (Lipinski definition) is 3. The Hall–Kier alpha value is 0.170.